The number of aromatic amines is 1. The molecule has 2 aromatic heterocycles. The highest BCUT2D eigenvalue weighted by Crippen LogP contribution is 2.40. The van der Waals surface area contributed by atoms with E-state index < -0.39 is 0 Å². The molecule has 166 valence electrons. The number of likely N-dealkylation sites (tertiary alicyclic amines) is 1. The number of amides is 1. The minimum absolute atomic E-state index is 0.0876. The molecule has 0 bridgehead atoms. The number of likely N-dealkylation sites (N-methyl/N-ethyl adjacent to an activating group) is 1. The number of pyridine rings is 1. The van der Waals surface area contributed by atoms with Gasteiger partial charge < -0.3 is 14.6 Å². The Balaban J connectivity index is 1.69. The zero-order valence-corrected chi connectivity index (χ0v) is 18.5. The summed E-state index contributed by atoms with van der Waals surface area (Å²) >= 11 is 0. The van der Waals surface area contributed by atoms with Crippen LogP contribution in [0, 0.1) is 17.1 Å². The van der Waals surface area contributed by atoms with Crippen molar-refractivity contribution in [2.45, 2.75) is 18.8 Å². The SMILES string of the molecule is COc1ccc(F)cc1-c1ccnc2[nH]c(C3CCN(CC(=O)N(C)C)CC3)c(C#N)c12. The number of carbonyl (C=O) groups is 1. The molecule has 3 aromatic rings. The monoisotopic (exact) mass is 435 g/mol. The van der Waals surface area contributed by atoms with Gasteiger partial charge in [-0.1, -0.05) is 0 Å². The zero-order valence-electron chi connectivity index (χ0n) is 18.5. The number of methoxy groups -OCH3 is 1. The maximum absolute atomic E-state index is 14.0. The Morgan fingerprint density at radius 3 is 2.72 bits per heavy atom. The average molecular weight is 436 g/mol. The lowest BCUT2D eigenvalue weighted by Gasteiger charge is -2.31. The van der Waals surface area contributed by atoms with Gasteiger partial charge in [-0.2, -0.15) is 5.26 Å². The Morgan fingerprint density at radius 2 is 2.06 bits per heavy atom. The number of nitrogens with one attached hydrogen (secondary N) is 1. The lowest BCUT2D eigenvalue weighted by molar-refractivity contribution is -0.130. The zero-order chi connectivity index (χ0) is 22.8. The molecule has 0 saturated carbocycles. The summed E-state index contributed by atoms with van der Waals surface area (Å²) in [5.74, 6) is 0.403. The van der Waals surface area contributed by atoms with Crippen molar-refractivity contribution in [2.24, 2.45) is 0 Å². The van der Waals surface area contributed by atoms with Gasteiger partial charge in [0.1, 0.15) is 23.3 Å². The number of nitriles is 1. The number of rotatable bonds is 5. The van der Waals surface area contributed by atoms with Crippen LogP contribution in [0.3, 0.4) is 0 Å². The molecule has 0 atom stereocenters. The van der Waals surface area contributed by atoms with Gasteiger partial charge >= 0.3 is 0 Å². The van der Waals surface area contributed by atoms with Gasteiger partial charge in [0.05, 0.1) is 19.2 Å². The predicted octanol–water partition coefficient (Wildman–Crippen LogP) is 3.52. The number of ether oxygens (including phenoxy) is 1. The second-order valence-corrected chi connectivity index (χ2v) is 8.29. The first-order valence-corrected chi connectivity index (χ1v) is 10.6. The summed E-state index contributed by atoms with van der Waals surface area (Å²) in [6.45, 7) is 1.97. The van der Waals surface area contributed by atoms with Gasteiger partial charge in [-0.25, -0.2) is 9.37 Å². The van der Waals surface area contributed by atoms with Gasteiger partial charge in [0.15, 0.2) is 0 Å². The molecule has 3 heterocycles. The third-order valence-corrected chi connectivity index (χ3v) is 6.14. The molecule has 0 unspecified atom stereocenters. The number of benzene rings is 1. The topological polar surface area (TPSA) is 85.2 Å². The van der Waals surface area contributed by atoms with Gasteiger partial charge in [-0.05, 0) is 55.8 Å². The molecule has 1 fully saturated rings. The third-order valence-electron chi connectivity index (χ3n) is 6.14. The largest absolute Gasteiger partial charge is 0.496 e. The van der Waals surface area contributed by atoms with Crippen molar-refractivity contribution in [1.29, 1.82) is 5.26 Å². The normalized spacial score (nSPS) is 15.0. The minimum Gasteiger partial charge on any atom is -0.496 e. The van der Waals surface area contributed by atoms with E-state index in [2.05, 4.69) is 20.9 Å². The number of fused-ring (bicyclic) bond motifs is 1. The first-order chi connectivity index (χ1) is 15.4. The Labute approximate surface area is 186 Å². The summed E-state index contributed by atoms with van der Waals surface area (Å²) in [7, 11) is 5.06. The molecule has 1 aliphatic rings. The second kappa shape index (κ2) is 8.97. The van der Waals surface area contributed by atoms with E-state index in [0.717, 1.165) is 31.6 Å². The summed E-state index contributed by atoms with van der Waals surface area (Å²) in [6.07, 6.45) is 3.32. The molecule has 7 nitrogen and oxygen atoms in total. The van der Waals surface area contributed by atoms with Crippen LogP contribution in [0.4, 0.5) is 4.39 Å². The number of carbonyl (C=O) groups excluding carboxylic acids is 1. The van der Waals surface area contributed by atoms with Crippen LogP contribution in [-0.4, -0.2) is 66.5 Å². The highest BCUT2D eigenvalue weighted by atomic mass is 19.1. The summed E-state index contributed by atoms with van der Waals surface area (Å²) in [5.41, 5.74) is 3.29. The third kappa shape index (κ3) is 4.04. The summed E-state index contributed by atoms with van der Waals surface area (Å²) in [5, 5.41) is 10.7. The smallest absolute Gasteiger partial charge is 0.236 e. The highest BCUT2D eigenvalue weighted by molar-refractivity contribution is 5.99. The van der Waals surface area contributed by atoms with Gasteiger partial charge in [-0.3, -0.25) is 9.69 Å². The first-order valence-electron chi connectivity index (χ1n) is 10.6. The van der Waals surface area contributed by atoms with Crippen LogP contribution in [0.25, 0.3) is 22.2 Å². The van der Waals surface area contributed by atoms with Crippen LogP contribution in [0.2, 0.25) is 0 Å². The number of nitrogens with zero attached hydrogens (tertiary/aromatic N) is 4. The number of H-pyrrole nitrogens is 1. The molecule has 1 N–H and O–H groups in total. The Hall–Kier alpha value is -3.44. The molecule has 1 aliphatic heterocycles. The number of halogens is 1. The van der Waals surface area contributed by atoms with Crippen LogP contribution >= 0.6 is 0 Å². The average Bonchev–Trinajstić information content (AvgIpc) is 3.18. The molecular formula is C24H26FN5O2. The fourth-order valence-corrected chi connectivity index (χ4v) is 4.38. The van der Waals surface area contributed by atoms with E-state index in [1.54, 1.807) is 37.3 Å². The molecule has 8 heteroatoms. The number of piperidine rings is 1. The van der Waals surface area contributed by atoms with Crippen LogP contribution in [0.1, 0.15) is 30.0 Å². The molecule has 32 heavy (non-hydrogen) atoms. The van der Waals surface area contributed by atoms with E-state index in [1.807, 2.05) is 0 Å². The summed E-state index contributed by atoms with van der Waals surface area (Å²) in [4.78, 5) is 23.6. The molecule has 4 rings (SSSR count). The number of aromatic nitrogens is 2. The second-order valence-electron chi connectivity index (χ2n) is 8.29. The van der Waals surface area contributed by atoms with E-state index in [9.17, 15) is 14.4 Å². The Bertz CT molecular complexity index is 1190. The summed E-state index contributed by atoms with van der Waals surface area (Å²) < 4.78 is 19.5. The lowest BCUT2D eigenvalue weighted by atomic mass is 9.90. The molecule has 1 aromatic carbocycles. The first kappa shape index (κ1) is 21.8. The fraction of sp³-hybridized carbons (Fsp3) is 0.375. The standard InChI is InChI=1S/C24H26FN5O2/c1-29(2)21(31)14-30-10-7-15(8-11-30)23-19(13-26)22-17(6-9-27-24(22)28-23)18-12-16(25)4-5-20(18)32-3/h4-6,9,12,15H,7-8,10-11,14H2,1-3H3,(H,27,28). The molecular weight excluding hydrogens is 409 g/mol. The van der Waals surface area contributed by atoms with Crippen molar-refractivity contribution < 1.29 is 13.9 Å². The van der Waals surface area contributed by atoms with E-state index in [0.29, 0.717) is 40.0 Å². The quantitative estimate of drug-likeness (QED) is 0.663. The van der Waals surface area contributed by atoms with Crippen LogP contribution in [0.15, 0.2) is 30.5 Å². The van der Waals surface area contributed by atoms with Crippen molar-refractivity contribution in [2.75, 3.05) is 40.8 Å². The molecule has 1 saturated heterocycles. The van der Waals surface area contributed by atoms with E-state index in [4.69, 9.17) is 4.74 Å². The van der Waals surface area contributed by atoms with Gasteiger partial charge in [0, 0.05) is 42.9 Å². The number of hydrogen-bond donors (Lipinski definition) is 1. The minimum atomic E-state index is -0.375. The molecule has 1 amide bonds. The predicted molar refractivity (Wildman–Crippen MR) is 120 cm³/mol. The van der Waals surface area contributed by atoms with Crippen molar-refractivity contribution in [3.05, 3.63) is 47.5 Å². The van der Waals surface area contributed by atoms with Gasteiger partial charge in [0.25, 0.3) is 0 Å². The maximum atomic E-state index is 14.0. The number of hydrogen-bond acceptors (Lipinski definition) is 5. The van der Waals surface area contributed by atoms with Crippen LogP contribution in [0.5, 0.6) is 5.75 Å². The Morgan fingerprint density at radius 1 is 1.31 bits per heavy atom. The van der Waals surface area contributed by atoms with Crippen molar-refractivity contribution in [3.8, 4) is 22.9 Å². The van der Waals surface area contributed by atoms with Gasteiger partial charge in [0.2, 0.25) is 5.91 Å². The molecule has 0 spiro atoms. The van der Waals surface area contributed by atoms with Crippen molar-refractivity contribution >= 4 is 16.9 Å². The van der Waals surface area contributed by atoms with Gasteiger partial charge in [-0.15, -0.1) is 0 Å². The van der Waals surface area contributed by atoms with Crippen molar-refractivity contribution in [3.63, 3.8) is 0 Å². The summed E-state index contributed by atoms with van der Waals surface area (Å²) in [6, 6.07) is 8.49. The molecule has 0 radical (unpaired) electrons. The van der Waals surface area contributed by atoms with Crippen LogP contribution < -0.4 is 4.74 Å². The van der Waals surface area contributed by atoms with E-state index in [-0.39, 0.29) is 17.6 Å². The van der Waals surface area contributed by atoms with Crippen molar-refractivity contribution in [1.82, 2.24) is 19.8 Å². The highest BCUT2D eigenvalue weighted by Gasteiger charge is 2.28. The maximum Gasteiger partial charge on any atom is 0.236 e. The van der Waals surface area contributed by atoms with E-state index in [1.165, 1.54) is 19.2 Å². The van der Waals surface area contributed by atoms with Crippen LogP contribution in [-0.2, 0) is 4.79 Å². The Kier molecular flexibility index (Phi) is 6.10. The fourth-order valence-electron chi connectivity index (χ4n) is 4.38. The molecule has 0 aliphatic carbocycles. The lowest BCUT2D eigenvalue weighted by Crippen LogP contribution is -2.40. The van der Waals surface area contributed by atoms with E-state index >= 15 is 0 Å².